The predicted octanol–water partition coefficient (Wildman–Crippen LogP) is 4.00. The molecule has 1 aliphatic carbocycles. The highest BCUT2D eigenvalue weighted by Gasteiger charge is 2.33. The van der Waals surface area contributed by atoms with E-state index in [1.165, 1.54) is 13.2 Å². The van der Waals surface area contributed by atoms with Crippen molar-refractivity contribution < 1.29 is 17.6 Å². The normalized spacial score (nSPS) is 18.9. The van der Waals surface area contributed by atoms with Crippen LogP contribution in [0, 0.1) is 10.3 Å². The molecule has 29 heavy (non-hydrogen) atoms. The molecule has 0 fully saturated rings. The van der Waals surface area contributed by atoms with Crippen molar-refractivity contribution in [2.24, 2.45) is 5.41 Å². The number of sulfonamides is 1. The second kappa shape index (κ2) is 9.37. The van der Waals surface area contributed by atoms with Crippen LogP contribution in [0.15, 0.2) is 62.8 Å². The van der Waals surface area contributed by atoms with Gasteiger partial charge >= 0.3 is 0 Å². The summed E-state index contributed by atoms with van der Waals surface area (Å²) in [6.45, 7) is 8.01. The fourth-order valence-electron chi connectivity index (χ4n) is 3.30. The van der Waals surface area contributed by atoms with Gasteiger partial charge in [-0.1, -0.05) is 59.6 Å². The molecule has 1 aliphatic rings. The summed E-state index contributed by atoms with van der Waals surface area (Å²) < 4.78 is 32.3. The van der Waals surface area contributed by atoms with E-state index in [0.29, 0.717) is 21.6 Å². The lowest BCUT2D eigenvalue weighted by atomic mass is 9.75. The Hall–Kier alpha value is -2.45. The van der Waals surface area contributed by atoms with Gasteiger partial charge in [-0.15, -0.1) is 0 Å². The molecular weight excluding hydrogens is 390 g/mol. The van der Waals surface area contributed by atoms with E-state index in [9.17, 15) is 13.3 Å². The van der Waals surface area contributed by atoms with Crippen LogP contribution in [0.3, 0.4) is 0 Å². The molecule has 0 aliphatic heterocycles. The summed E-state index contributed by atoms with van der Waals surface area (Å²) in [7, 11) is -1.99. The van der Waals surface area contributed by atoms with Crippen molar-refractivity contribution in [3.8, 4) is 0 Å². The zero-order valence-electron chi connectivity index (χ0n) is 17.7. The summed E-state index contributed by atoms with van der Waals surface area (Å²) in [4.78, 5) is 11.8. The molecule has 0 saturated carbocycles. The average molecular weight is 421 g/mol. The average Bonchev–Trinajstić information content (AvgIpc) is 3.04. The van der Waals surface area contributed by atoms with Crippen LogP contribution in [-0.2, 0) is 10.0 Å². The van der Waals surface area contributed by atoms with Gasteiger partial charge in [-0.05, 0) is 61.6 Å². The Morgan fingerprint density at radius 3 is 2.62 bits per heavy atom. The van der Waals surface area contributed by atoms with Crippen LogP contribution in [0.25, 0.3) is 6.08 Å². The molecule has 2 N–H and O–H groups in total. The number of nitrogens with zero attached hydrogens (tertiary/aromatic N) is 1. The molecule has 0 bridgehead atoms. The summed E-state index contributed by atoms with van der Waals surface area (Å²) in [6, 6.07) is 0. The molecule has 158 valence electrons. The fraction of sp³-hybridized carbons (Fsp3) is 0.429. The Morgan fingerprint density at radius 2 is 2.00 bits per heavy atom. The molecule has 8 heteroatoms. The Bertz CT molecular complexity index is 1050. The predicted molar refractivity (Wildman–Crippen MR) is 115 cm³/mol. The maximum absolute atomic E-state index is 12.4. The van der Waals surface area contributed by atoms with Crippen LogP contribution >= 0.6 is 0 Å². The first kappa shape index (κ1) is 22.8. The van der Waals surface area contributed by atoms with Gasteiger partial charge in [0.15, 0.2) is 10.8 Å². The lowest BCUT2D eigenvalue weighted by Gasteiger charge is -2.33. The number of rotatable bonds is 7. The maximum atomic E-state index is 12.4. The molecule has 0 unspecified atom stereocenters. The Morgan fingerprint density at radius 1 is 1.28 bits per heavy atom. The smallest absolute Gasteiger partial charge is 0.215 e. The number of hydrogen-bond donors (Lipinski definition) is 2. The molecule has 1 heterocycles. The highest BCUT2D eigenvalue weighted by atomic mass is 32.2. The number of aromatic amines is 1. The van der Waals surface area contributed by atoms with Gasteiger partial charge in [0.05, 0.1) is 4.91 Å². The summed E-state index contributed by atoms with van der Waals surface area (Å²) in [6.07, 6.45) is 15.1. The lowest BCUT2D eigenvalue weighted by molar-refractivity contribution is -0.714. The minimum atomic E-state index is -3.45. The van der Waals surface area contributed by atoms with Crippen LogP contribution in [-0.4, -0.2) is 20.6 Å². The molecule has 1 aromatic heterocycles. The van der Waals surface area contributed by atoms with Gasteiger partial charge < -0.3 is 0 Å². The summed E-state index contributed by atoms with van der Waals surface area (Å²) in [5.41, 5.74) is 2.92. The van der Waals surface area contributed by atoms with Crippen molar-refractivity contribution in [3.63, 3.8) is 0 Å². The van der Waals surface area contributed by atoms with Crippen LogP contribution < -0.4 is 9.32 Å². The van der Waals surface area contributed by atoms with E-state index in [0.717, 1.165) is 29.6 Å². The summed E-state index contributed by atoms with van der Waals surface area (Å²) in [5.74, 6) is 0. The standard InChI is InChI=1S/C21H30N3O4S/c1-16(8-6-9-17(2)14-18-15-23-28-24(18)25)11-12-19-20(29(26,27)22-5)10-7-13-21(19,3)4/h6,8-9,11-12,14-15,22-23H,7,10,13H2,1-5H3/q+1/b9-6+,12-11+,16-8+,17-14+. The highest BCUT2D eigenvalue weighted by molar-refractivity contribution is 7.93. The van der Waals surface area contributed by atoms with Gasteiger partial charge in [-0.3, -0.25) is 0 Å². The van der Waals surface area contributed by atoms with Gasteiger partial charge in [0.25, 0.3) is 5.69 Å². The third-order valence-corrected chi connectivity index (χ3v) is 6.60. The van der Waals surface area contributed by atoms with Crippen LogP contribution in [0.2, 0.25) is 0 Å². The minimum Gasteiger partial charge on any atom is -0.215 e. The quantitative estimate of drug-likeness (QED) is 0.652. The first-order valence-corrected chi connectivity index (χ1v) is 11.0. The fourth-order valence-corrected chi connectivity index (χ4v) is 4.59. The van der Waals surface area contributed by atoms with Gasteiger partial charge in [0, 0.05) is 6.08 Å². The lowest BCUT2D eigenvalue weighted by Crippen LogP contribution is -2.28. The molecule has 0 spiro atoms. The number of allylic oxidation sites excluding steroid dienone is 9. The Labute approximate surface area is 172 Å². The van der Waals surface area contributed by atoms with Crippen LogP contribution in [0.1, 0.15) is 52.7 Å². The van der Waals surface area contributed by atoms with Crippen molar-refractivity contribution in [1.29, 1.82) is 0 Å². The third kappa shape index (κ3) is 6.01. The topological polar surface area (TPSA) is 98.1 Å². The van der Waals surface area contributed by atoms with E-state index in [4.69, 9.17) is 0 Å². The molecule has 2 rings (SSSR count). The molecule has 0 amide bonds. The van der Waals surface area contributed by atoms with Gasteiger partial charge in [0.2, 0.25) is 10.0 Å². The van der Waals surface area contributed by atoms with Crippen molar-refractivity contribution >= 4 is 16.1 Å². The van der Waals surface area contributed by atoms with Crippen molar-refractivity contribution in [3.05, 3.63) is 68.8 Å². The Kier molecular flexibility index (Phi) is 7.37. The second-order valence-electron chi connectivity index (χ2n) is 7.81. The third-order valence-electron chi connectivity index (χ3n) is 4.99. The molecular formula is C21H30N3O4S+. The Balaban J connectivity index is 2.23. The molecule has 0 radical (unpaired) electrons. The largest absolute Gasteiger partial charge is 0.265 e. The van der Waals surface area contributed by atoms with E-state index in [2.05, 4.69) is 28.4 Å². The van der Waals surface area contributed by atoms with E-state index >= 15 is 0 Å². The highest BCUT2D eigenvalue weighted by Crippen LogP contribution is 2.42. The molecule has 0 aromatic carbocycles. The summed E-state index contributed by atoms with van der Waals surface area (Å²) in [5, 5.41) is 2.38. The number of hydrogen-bond acceptors (Lipinski definition) is 4. The van der Waals surface area contributed by atoms with Gasteiger partial charge in [-0.25, -0.2) is 13.1 Å². The summed E-state index contributed by atoms with van der Waals surface area (Å²) >= 11 is 0. The van der Waals surface area contributed by atoms with Crippen molar-refractivity contribution in [2.75, 3.05) is 7.05 Å². The monoisotopic (exact) mass is 420 g/mol. The number of nitrogens with one attached hydrogen (secondary N) is 2. The SMILES string of the molecule is CNS(=O)(=O)C1=C(/C=C/C(C)=C/C=C/C(C)=C/c2c[nH]o[n+]2=O)C(C)(C)CCC1. The van der Waals surface area contributed by atoms with Gasteiger partial charge in [0.1, 0.15) is 0 Å². The van der Waals surface area contributed by atoms with Gasteiger partial charge in [-0.2, -0.15) is 0 Å². The van der Waals surface area contributed by atoms with E-state index in [-0.39, 0.29) is 5.41 Å². The second-order valence-corrected chi connectivity index (χ2v) is 9.72. The van der Waals surface area contributed by atoms with E-state index in [1.54, 1.807) is 6.08 Å². The van der Waals surface area contributed by atoms with Crippen molar-refractivity contribution in [1.82, 2.24) is 9.88 Å². The number of H-pyrrole nitrogens is 1. The number of aromatic nitrogens is 2. The maximum Gasteiger partial charge on any atom is 0.265 e. The van der Waals surface area contributed by atoms with E-state index in [1.807, 2.05) is 44.2 Å². The zero-order valence-corrected chi connectivity index (χ0v) is 18.5. The van der Waals surface area contributed by atoms with E-state index < -0.39 is 10.0 Å². The molecule has 0 saturated heterocycles. The first-order chi connectivity index (χ1) is 13.6. The van der Waals surface area contributed by atoms with Crippen molar-refractivity contribution in [2.45, 2.75) is 47.0 Å². The first-order valence-electron chi connectivity index (χ1n) is 9.55. The minimum absolute atomic E-state index is 0.196. The molecule has 1 aromatic rings. The zero-order chi connectivity index (χ0) is 21.7. The van der Waals surface area contributed by atoms with Crippen LogP contribution in [0.5, 0.6) is 0 Å². The van der Waals surface area contributed by atoms with Crippen LogP contribution in [0.4, 0.5) is 0 Å². The molecule has 7 nitrogen and oxygen atoms in total. The molecule has 0 atom stereocenters.